The molecule has 35 heavy (non-hydrogen) atoms. The van der Waals surface area contributed by atoms with E-state index >= 15 is 0 Å². The van der Waals surface area contributed by atoms with E-state index in [-0.39, 0.29) is 16.7 Å². The van der Waals surface area contributed by atoms with Gasteiger partial charge in [0.2, 0.25) is 0 Å². The van der Waals surface area contributed by atoms with Gasteiger partial charge in [-0.1, -0.05) is 18.5 Å². The van der Waals surface area contributed by atoms with Crippen molar-refractivity contribution in [3.8, 4) is 5.75 Å². The fourth-order valence-corrected chi connectivity index (χ4v) is 5.81. The first-order chi connectivity index (χ1) is 16.4. The number of halogens is 1. The maximum Gasteiger partial charge on any atom is 0.380 e. The number of hydrogen-bond donors (Lipinski definition) is 3. The highest BCUT2D eigenvalue weighted by molar-refractivity contribution is 7.71. The summed E-state index contributed by atoms with van der Waals surface area (Å²) in [7, 11) is -2.79. The fourth-order valence-electron chi connectivity index (χ4n) is 3.56. The number of ether oxygens (including phenoxy) is 2. The van der Waals surface area contributed by atoms with Crippen LogP contribution in [0.3, 0.4) is 0 Å². The Bertz CT molecular complexity index is 1220. The van der Waals surface area contributed by atoms with Crippen LogP contribution in [0.1, 0.15) is 20.1 Å². The van der Waals surface area contributed by atoms with Crippen molar-refractivity contribution < 1.29 is 38.1 Å². The van der Waals surface area contributed by atoms with Crippen LogP contribution in [0.25, 0.3) is 0 Å². The first-order valence-corrected chi connectivity index (χ1v) is 13.0. The van der Waals surface area contributed by atoms with Crippen molar-refractivity contribution in [3.63, 3.8) is 0 Å². The van der Waals surface area contributed by atoms with Gasteiger partial charge >= 0.3 is 13.6 Å². The quantitative estimate of drug-likeness (QED) is 0.242. The number of rotatable bonds is 9. The second-order valence-corrected chi connectivity index (χ2v) is 11.1. The molecule has 1 aromatic heterocycles. The predicted octanol–water partition coefficient (Wildman–Crippen LogP) is 2.67. The highest BCUT2D eigenvalue weighted by Gasteiger charge is 2.53. The Labute approximate surface area is 211 Å². The Hall–Kier alpha value is -2.05. The Morgan fingerprint density at radius 2 is 2.03 bits per heavy atom. The number of aliphatic hydroxyl groups is 2. The van der Waals surface area contributed by atoms with Crippen molar-refractivity contribution in [2.45, 2.75) is 37.9 Å². The summed E-state index contributed by atoms with van der Waals surface area (Å²) in [6, 6.07) is 7.23. The number of nitrogens with one attached hydrogen (secondary N) is 1. The zero-order valence-electron chi connectivity index (χ0n) is 19.1. The molecule has 6 atom stereocenters. The number of esters is 1. The van der Waals surface area contributed by atoms with Crippen molar-refractivity contribution in [1.82, 2.24) is 9.55 Å². The molecule has 2 heterocycles. The number of benzene rings is 1. The molecule has 14 heteroatoms. The van der Waals surface area contributed by atoms with Gasteiger partial charge in [-0.05, 0) is 43.4 Å². The maximum atomic E-state index is 13.6. The Kier molecular flexibility index (Phi) is 8.59. The van der Waals surface area contributed by atoms with E-state index in [0.717, 1.165) is 0 Å². The van der Waals surface area contributed by atoms with Gasteiger partial charge in [0, 0.05) is 17.3 Å². The molecule has 1 unspecified atom stereocenters. The molecule has 192 valence electrons. The normalized spacial score (nSPS) is 26.6. The van der Waals surface area contributed by atoms with E-state index in [9.17, 15) is 24.4 Å². The monoisotopic (exact) mass is 548 g/mol. The second kappa shape index (κ2) is 10.9. The van der Waals surface area contributed by atoms with Gasteiger partial charge in [0.25, 0.3) is 5.56 Å². The van der Waals surface area contributed by atoms with Crippen LogP contribution in [0, 0.1) is 10.7 Å². The summed E-state index contributed by atoms with van der Waals surface area (Å²) in [5.74, 6) is -1.25. The van der Waals surface area contributed by atoms with Crippen LogP contribution in [-0.2, 0) is 23.4 Å². The second-order valence-electron chi connectivity index (χ2n) is 8.27. The van der Waals surface area contributed by atoms with E-state index in [2.05, 4.69) is 4.98 Å². The van der Waals surface area contributed by atoms with Crippen LogP contribution in [0.4, 0.5) is 0 Å². The molecule has 2 aromatic rings. The summed E-state index contributed by atoms with van der Waals surface area (Å²) in [5, 5.41) is 22.1. The SMILES string of the molecule is COC(=O)[C@H](C)C[P@@](=O)(OC[C@H]1O[C@@H](n2ccc(=O)[nH]c2=S)C(C)(O)[C@H]1O)Oc1ccc(Cl)cc1. The molecule has 3 rings (SSSR count). The summed E-state index contributed by atoms with van der Waals surface area (Å²) in [6.45, 7) is 2.38. The highest BCUT2D eigenvalue weighted by Crippen LogP contribution is 2.51. The smallest absolute Gasteiger partial charge is 0.380 e. The number of carbonyl (C=O) groups excluding carboxylic acids is 1. The fraction of sp³-hybridized carbons (Fsp3) is 0.476. The molecule has 1 aromatic carbocycles. The first kappa shape index (κ1) is 27.5. The number of carbonyl (C=O) groups is 1. The van der Waals surface area contributed by atoms with Crippen molar-refractivity contribution >= 4 is 37.4 Å². The van der Waals surface area contributed by atoms with Crippen molar-refractivity contribution in [1.29, 1.82) is 0 Å². The van der Waals surface area contributed by atoms with E-state index in [1.54, 1.807) is 0 Å². The minimum atomic E-state index is -4.00. The van der Waals surface area contributed by atoms with E-state index in [0.29, 0.717) is 5.02 Å². The minimum Gasteiger partial charge on any atom is -0.469 e. The van der Waals surface area contributed by atoms with Crippen LogP contribution in [0.2, 0.25) is 5.02 Å². The Morgan fingerprint density at radius 3 is 2.63 bits per heavy atom. The third kappa shape index (κ3) is 6.39. The lowest BCUT2D eigenvalue weighted by molar-refractivity contribution is -0.144. The molecule has 1 aliphatic heterocycles. The van der Waals surface area contributed by atoms with Crippen LogP contribution in [0.5, 0.6) is 5.75 Å². The molecule has 1 aliphatic rings. The summed E-state index contributed by atoms with van der Waals surface area (Å²) in [4.78, 5) is 25.8. The van der Waals surface area contributed by atoms with Gasteiger partial charge in [-0.25, -0.2) is 4.57 Å². The lowest BCUT2D eigenvalue weighted by Gasteiger charge is -2.28. The summed E-state index contributed by atoms with van der Waals surface area (Å²) >= 11 is 11.0. The standard InChI is InChI=1S/C21H26ClN2O9PS/c1-12(18(27)30-3)11-34(29,33-14-6-4-13(22)5-7-14)31-10-15-17(26)21(2,28)19(32-15)24-9-8-16(25)23-20(24)35/h4-9,12,15,17,19,26,28H,10-11H2,1-3H3,(H,23,25,35)/t12-,15-,17+,19-,21?,34-/m1/s1. The molecule has 0 amide bonds. The average Bonchev–Trinajstić information content (AvgIpc) is 3.02. The number of aliphatic hydroxyl groups excluding tert-OH is 1. The topological polar surface area (TPSA) is 149 Å². The van der Waals surface area contributed by atoms with Crippen molar-refractivity contribution in [2.75, 3.05) is 19.9 Å². The summed E-state index contributed by atoms with van der Waals surface area (Å²) in [6.07, 6.45) is -2.82. The van der Waals surface area contributed by atoms with Gasteiger partial charge in [0.1, 0.15) is 23.6 Å². The van der Waals surface area contributed by atoms with Gasteiger partial charge in [-0.2, -0.15) is 0 Å². The zero-order valence-corrected chi connectivity index (χ0v) is 21.6. The molecule has 0 bridgehead atoms. The molecular weight excluding hydrogens is 523 g/mol. The van der Waals surface area contributed by atoms with E-state index in [4.69, 9.17) is 42.3 Å². The van der Waals surface area contributed by atoms with Gasteiger partial charge in [0.15, 0.2) is 11.0 Å². The van der Waals surface area contributed by atoms with Gasteiger partial charge < -0.3 is 24.2 Å². The number of aromatic nitrogens is 2. The molecule has 0 aliphatic carbocycles. The summed E-state index contributed by atoms with van der Waals surface area (Å²) < 4.78 is 36.6. The number of hydrogen-bond acceptors (Lipinski definition) is 10. The van der Waals surface area contributed by atoms with Crippen LogP contribution < -0.4 is 10.1 Å². The third-order valence-electron chi connectivity index (χ3n) is 5.45. The first-order valence-electron chi connectivity index (χ1n) is 10.5. The van der Waals surface area contributed by atoms with Crippen LogP contribution in [0.15, 0.2) is 41.3 Å². The van der Waals surface area contributed by atoms with E-state index < -0.39 is 55.7 Å². The number of H-pyrrole nitrogens is 1. The number of methoxy groups -OCH3 is 1. The highest BCUT2D eigenvalue weighted by atomic mass is 35.5. The van der Waals surface area contributed by atoms with Gasteiger partial charge in [-0.3, -0.25) is 23.7 Å². The minimum absolute atomic E-state index is 0.0276. The largest absolute Gasteiger partial charge is 0.469 e. The van der Waals surface area contributed by atoms with Crippen molar-refractivity contribution in [2.24, 2.45) is 5.92 Å². The third-order valence-corrected chi connectivity index (χ3v) is 8.04. The molecule has 1 fully saturated rings. The van der Waals surface area contributed by atoms with Gasteiger partial charge in [-0.15, -0.1) is 0 Å². The van der Waals surface area contributed by atoms with Crippen LogP contribution >= 0.6 is 31.4 Å². The predicted molar refractivity (Wildman–Crippen MR) is 128 cm³/mol. The van der Waals surface area contributed by atoms with E-state index in [1.807, 2.05) is 0 Å². The van der Waals surface area contributed by atoms with Crippen LogP contribution in [-0.4, -0.2) is 63.4 Å². The lowest BCUT2D eigenvalue weighted by atomic mass is 9.96. The molecule has 0 saturated carbocycles. The molecule has 0 radical (unpaired) electrons. The van der Waals surface area contributed by atoms with Gasteiger partial charge in [0.05, 0.1) is 25.8 Å². The van der Waals surface area contributed by atoms with E-state index in [1.165, 1.54) is 62.1 Å². The molecule has 11 nitrogen and oxygen atoms in total. The Balaban J connectivity index is 1.81. The number of aromatic amines is 1. The zero-order chi connectivity index (χ0) is 26.0. The maximum absolute atomic E-state index is 13.6. The molecule has 1 saturated heterocycles. The average molecular weight is 549 g/mol. The lowest BCUT2D eigenvalue weighted by Crippen LogP contribution is -2.44. The Morgan fingerprint density at radius 1 is 1.37 bits per heavy atom. The molecule has 0 spiro atoms. The van der Waals surface area contributed by atoms with Crippen molar-refractivity contribution in [3.05, 3.63) is 56.7 Å². The molecule has 3 N–H and O–H groups in total. The summed E-state index contributed by atoms with van der Waals surface area (Å²) in [5.41, 5.74) is -2.28. The molecular formula is C21H26ClN2O9PS. The number of nitrogens with zero attached hydrogens (tertiary/aromatic N) is 1.